The van der Waals surface area contributed by atoms with E-state index in [-0.39, 0.29) is 17.6 Å². The van der Waals surface area contributed by atoms with Gasteiger partial charge in [0.1, 0.15) is 23.3 Å². The molecule has 2 aromatic carbocycles. The van der Waals surface area contributed by atoms with Crippen molar-refractivity contribution in [2.24, 2.45) is 5.92 Å². The molecule has 0 aliphatic heterocycles. The molecule has 0 saturated heterocycles. The predicted molar refractivity (Wildman–Crippen MR) is 125 cm³/mol. The number of ether oxygens (including phenoxy) is 1. The molecule has 1 unspecified atom stereocenters. The second kappa shape index (κ2) is 8.47. The molecule has 1 aliphatic carbocycles. The van der Waals surface area contributed by atoms with Gasteiger partial charge in [0.05, 0.1) is 18.3 Å². The normalized spacial score (nSPS) is 14.0. The maximum absolute atomic E-state index is 14.2. The van der Waals surface area contributed by atoms with Gasteiger partial charge in [0.15, 0.2) is 5.69 Å². The highest BCUT2D eigenvalue weighted by Gasteiger charge is 2.29. The summed E-state index contributed by atoms with van der Waals surface area (Å²) >= 11 is 0. The van der Waals surface area contributed by atoms with E-state index in [9.17, 15) is 9.65 Å². The fourth-order valence-corrected chi connectivity index (χ4v) is 4.12. The van der Waals surface area contributed by atoms with E-state index in [1.54, 1.807) is 25.4 Å². The zero-order chi connectivity index (χ0) is 22.9. The van der Waals surface area contributed by atoms with Crippen LogP contribution in [0.4, 0.5) is 10.1 Å². The number of nitrogens with zero attached hydrogens (tertiary/aromatic N) is 4. The number of rotatable bonds is 6. The summed E-state index contributed by atoms with van der Waals surface area (Å²) in [6.45, 7) is 2.14. The molecular weight excluding hydrogens is 417 g/mol. The lowest BCUT2D eigenvalue weighted by atomic mass is 9.99. The van der Waals surface area contributed by atoms with Crippen LogP contribution in [0.25, 0.3) is 33.3 Å². The van der Waals surface area contributed by atoms with Gasteiger partial charge in [-0.1, -0.05) is 12.1 Å². The van der Waals surface area contributed by atoms with Gasteiger partial charge in [-0.2, -0.15) is 5.26 Å². The SMILES string of the molecule is COc1cc(-c2ncccc2F)ccc1-c1ccc2c(NC(C)C3CC3)c(C#N)nnc2c1. The van der Waals surface area contributed by atoms with Crippen molar-refractivity contribution in [2.45, 2.75) is 25.8 Å². The minimum absolute atomic E-state index is 0.267. The van der Waals surface area contributed by atoms with Crippen LogP contribution in [0, 0.1) is 23.1 Å². The third-order valence-electron chi connectivity index (χ3n) is 6.11. The third kappa shape index (κ3) is 3.96. The number of anilines is 1. The monoisotopic (exact) mass is 439 g/mol. The molecule has 0 bridgehead atoms. The van der Waals surface area contributed by atoms with E-state index in [0.29, 0.717) is 28.4 Å². The number of fused-ring (bicyclic) bond motifs is 1. The molecule has 1 fully saturated rings. The van der Waals surface area contributed by atoms with Crippen molar-refractivity contribution in [2.75, 3.05) is 12.4 Å². The lowest BCUT2D eigenvalue weighted by Gasteiger charge is -2.17. The van der Waals surface area contributed by atoms with Crippen molar-refractivity contribution in [1.29, 1.82) is 5.26 Å². The fraction of sp³-hybridized carbons (Fsp3) is 0.231. The first-order chi connectivity index (χ1) is 16.1. The van der Waals surface area contributed by atoms with Crippen LogP contribution < -0.4 is 10.1 Å². The highest BCUT2D eigenvalue weighted by Crippen LogP contribution is 2.38. The van der Waals surface area contributed by atoms with Crippen LogP contribution in [0.5, 0.6) is 5.75 Å². The maximum atomic E-state index is 14.2. The van der Waals surface area contributed by atoms with Gasteiger partial charge in [-0.3, -0.25) is 4.98 Å². The average molecular weight is 439 g/mol. The molecule has 4 aromatic rings. The average Bonchev–Trinajstić information content (AvgIpc) is 3.69. The van der Waals surface area contributed by atoms with Crippen molar-refractivity contribution in [1.82, 2.24) is 15.2 Å². The zero-order valence-corrected chi connectivity index (χ0v) is 18.3. The fourth-order valence-electron chi connectivity index (χ4n) is 4.12. The van der Waals surface area contributed by atoms with E-state index in [0.717, 1.165) is 22.2 Å². The third-order valence-corrected chi connectivity index (χ3v) is 6.11. The molecule has 5 rings (SSSR count). The molecule has 164 valence electrons. The molecule has 33 heavy (non-hydrogen) atoms. The van der Waals surface area contributed by atoms with Gasteiger partial charge in [0.2, 0.25) is 0 Å². The number of hydrogen-bond donors (Lipinski definition) is 1. The molecule has 1 saturated carbocycles. The van der Waals surface area contributed by atoms with E-state index in [1.165, 1.54) is 18.9 Å². The van der Waals surface area contributed by atoms with Crippen molar-refractivity contribution < 1.29 is 9.13 Å². The number of aromatic nitrogens is 3. The van der Waals surface area contributed by atoms with Gasteiger partial charge in [0.25, 0.3) is 0 Å². The number of pyridine rings is 1. The minimum Gasteiger partial charge on any atom is -0.496 e. The molecule has 7 heteroatoms. The van der Waals surface area contributed by atoms with E-state index >= 15 is 0 Å². The number of benzene rings is 2. The van der Waals surface area contributed by atoms with Gasteiger partial charge >= 0.3 is 0 Å². The predicted octanol–water partition coefficient (Wildman–Crippen LogP) is 5.59. The lowest BCUT2D eigenvalue weighted by molar-refractivity contribution is 0.416. The van der Waals surface area contributed by atoms with Gasteiger partial charge < -0.3 is 10.1 Å². The summed E-state index contributed by atoms with van der Waals surface area (Å²) in [6, 6.07) is 16.7. The van der Waals surface area contributed by atoms with Gasteiger partial charge in [-0.15, -0.1) is 10.2 Å². The second-order valence-corrected chi connectivity index (χ2v) is 8.29. The summed E-state index contributed by atoms with van der Waals surface area (Å²) in [4.78, 5) is 4.15. The van der Waals surface area contributed by atoms with E-state index in [2.05, 4.69) is 33.5 Å². The highest BCUT2D eigenvalue weighted by molar-refractivity contribution is 5.96. The Hall–Kier alpha value is -4.05. The largest absolute Gasteiger partial charge is 0.496 e. The van der Waals surface area contributed by atoms with Crippen LogP contribution in [-0.4, -0.2) is 28.3 Å². The molecule has 0 amide bonds. The zero-order valence-electron chi connectivity index (χ0n) is 18.3. The molecular formula is C26H22FN5O. The Labute approximate surface area is 191 Å². The van der Waals surface area contributed by atoms with Crippen molar-refractivity contribution in [3.63, 3.8) is 0 Å². The first-order valence-corrected chi connectivity index (χ1v) is 10.9. The number of methoxy groups -OCH3 is 1. The first kappa shape index (κ1) is 20.8. The summed E-state index contributed by atoms with van der Waals surface area (Å²) in [7, 11) is 1.58. The van der Waals surface area contributed by atoms with Crippen LogP contribution in [0.15, 0.2) is 54.7 Å². The molecule has 1 N–H and O–H groups in total. The molecule has 2 heterocycles. The lowest BCUT2D eigenvalue weighted by Crippen LogP contribution is -2.19. The highest BCUT2D eigenvalue weighted by atomic mass is 19.1. The number of nitriles is 1. The van der Waals surface area contributed by atoms with Crippen LogP contribution in [-0.2, 0) is 0 Å². The molecule has 6 nitrogen and oxygen atoms in total. The maximum Gasteiger partial charge on any atom is 0.186 e. The van der Waals surface area contributed by atoms with Crippen LogP contribution in [0.1, 0.15) is 25.5 Å². The van der Waals surface area contributed by atoms with Crippen LogP contribution in [0.2, 0.25) is 0 Å². The minimum atomic E-state index is -0.387. The van der Waals surface area contributed by atoms with E-state index < -0.39 is 0 Å². The van der Waals surface area contributed by atoms with E-state index in [4.69, 9.17) is 4.74 Å². The number of halogens is 1. The van der Waals surface area contributed by atoms with Crippen molar-refractivity contribution in [3.05, 3.63) is 66.2 Å². The molecule has 1 atom stereocenters. The van der Waals surface area contributed by atoms with Crippen molar-refractivity contribution in [3.8, 4) is 34.2 Å². The molecule has 0 radical (unpaired) electrons. The molecule has 1 aliphatic rings. The van der Waals surface area contributed by atoms with Crippen LogP contribution >= 0.6 is 0 Å². The smallest absolute Gasteiger partial charge is 0.186 e. The van der Waals surface area contributed by atoms with Gasteiger partial charge in [-0.05, 0) is 67.6 Å². The quantitative estimate of drug-likeness (QED) is 0.422. The topological polar surface area (TPSA) is 83.7 Å². The molecule has 2 aromatic heterocycles. The Morgan fingerprint density at radius 3 is 2.67 bits per heavy atom. The Bertz CT molecular complexity index is 1390. The van der Waals surface area contributed by atoms with Crippen molar-refractivity contribution >= 4 is 16.6 Å². The molecule has 0 spiro atoms. The number of nitrogens with one attached hydrogen (secondary N) is 1. The van der Waals surface area contributed by atoms with Crippen LogP contribution in [0.3, 0.4) is 0 Å². The first-order valence-electron chi connectivity index (χ1n) is 10.9. The van der Waals surface area contributed by atoms with Gasteiger partial charge in [-0.25, -0.2) is 4.39 Å². The Kier molecular flexibility index (Phi) is 5.35. The van der Waals surface area contributed by atoms with Gasteiger partial charge in [0, 0.05) is 28.8 Å². The second-order valence-electron chi connectivity index (χ2n) is 8.29. The Morgan fingerprint density at radius 1 is 1.12 bits per heavy atom. The summed E-state index contributed by atoms with van der Waals surface area (Å²) in [5.41, 5.74) is 4.33. The Morgan fingerprint density at radius 2 is 1.94 bits per heavy atom. The summed E-state index contributed by atoms with van der Waals surface area (Å²) < 4.78 is 19.8. The summed E-state index contributed by atoms with van der Waals surface area (Å²) in [5.74, 6) is 0.840. The number of hydrogen-bond acceptors (Lipinski definition) is 6. The van der Waals surface area contributed by atoms with E-state index in [1.807, 2.05) is 30.3 Å². The standard InChI is InChI=1S/C26H22FN5O/c1-15(16-5-6-16)30-26-20-10-7-17(12-22(20)31-32-23(26)14-28)19-9-8-18(13-24(19)33-2)25-21(27)4-3-11-29-25/h3-4,7-13,15-16H,5-6H2,1-2H3,(H,30,31). The Balaban J connectivity index is 1.56. The summed E-state index contributed by atoms with van der Waals surface area (Å²) in [5, 5.41) is 22.3. The summed E-state index contributed by atoms with van der Waals surface area (Å²) in [6.07, 6.45) is 3.97.